The van der Waals surface area contributed by atoms with Gasteiger partial charge in [0.15, 0.2) is 0 Å². The zero-order valence-corrected chi connectivity index (χ0v) is 12.1. The van der Waals surface area contributed by atoms with Gasteiger partial charge < -0.3 is 15.4 Å². The van der Waals surface area contributed by atoms with Crippen molar-refractivity contribution in [2.75, 3.05) is 27.3 Å². The Hall–Kier alpha value is -0.610. The summed E-state index contributed by atoms with van der Waals surface area (Å²) in [6, 6.07) is -0.112. The van der Waals surface area contributed by atoms with Crippen molar-refractivity contribution in [3.8, 4) is 0 Å². The number of nitrogens with two attached hydrogens (primary N) is 1. The van der Waals surface area contributed by atoms with Gasteiger partial charge in [0.05, 0.1) is 6.61 Å². The van der Waals surface area contributed by atoms with Gasteiger partial charge in [-0.2, -0.15) is 0 Å². The third kappa shape index (κ3) is 6.64. The number of amides is 1. The number of rotatable bonds is 6. The minimum atomic E-state index is -0.112. The number of nitrogens with zero attached hydrogens (tertiary/aromatic N) is 1. The lowest BCUT2D eigenvalue weighted by molar-refractivity contribution is -0.132. The number of hydrogen-bond donors (Lipinski definition) is 1. The average Bonchev–Trinajstić information content (AvgIpc) is 2.16. The number of carbonyl (C=O) groups is 1. The molecule has 0 saturated carbocycles. The molecule has 0 radical (unpaired) electrons. The maximum absolute atomic E-state index is 12.0. The van der Waals surface area contributed by atoms with Crippen molar-refractivity contribution in [1.82, 2.24) is 4.90 Å². The molecule has 0 spiro atoms. The highest BCUT2D eigenvalue weighted by Gasteiger charge is 2.24. The molecule has 0 aliphatic carbocycles. The summed E-state index contributed by atoms with van der Waals surface area (Å²) in [5.41, 5.74) is 5.98. The van der Waals surface area contributed by atoms with Gasteiger partial charge in [0.1, 0.15) is 0 Å². The van der Waals surface area contributed by atoms with Crippen LogP contribution >= 0.6 is 0 Å². The van der Waals surface area contributed by atoms with Crippen molar-refractivity contribution in [2.24, 2.45) is 17.1 Å². The summed E-state index contributed by atoms with van der Waals surface area (Å²) >= 11 is 0. The van der Waals surface area contributed by atoms with Gasteiger partial charge in [-0.25, -0.2) is 0 Å². The molecule has 102 valence electrons. The molecule has 0 fully saturated rings. The van der Waals surface area contributed by atoms with Crippen molar-refractivity contribution in [3.63, 3.8) is 0 Å². The molecule has 2 N–H and O–H groups in total. The molecular weight excluding hydrogens is 216 g/mol. The number of ether oxygens (including phenoxy) is 1. The number of carbonyl (C=O) groups excluding carboxylic acids is 1. The predicted octanol–water partition coefficient (Wildman–Crippen LogP) is 1.49. The predicted molar refractivity (Wildman–Crippen MR) is 70.7 cm³/mol. The minimum absolute atomic E-state index is 0.112. The summed E-state index contributed by atoms with van der Waals surface area (Å²) in [7, 11) is 3.41. The van der Waals surface area contributed by atoms with E-state index in [4.69, 9.17) is 10.5 Å². The fourth-order valence-corrected chi connectivity index (χ4v) is 1.44. The van der Waals surface area contributed by atoms with Crippen LogP contribution in [0.25, 0.3) is 0 Å². The fraction of sp³-hybridized carbons (Fsp3) is 0.923. The smallest absolute Gasteiger partial charge is 0.222 e. The number of methoxy groups -OCH3 is 1. The second-order valence-electron chi connectivity index (χ2n) is 5.96. The highest BCUT2D eigenvalue weighted by Crippen LogP contribution is 2.28. The van der Waals surface area contributed by atoms with Crippen molar-refractivity contribution in [3.05, 3.63) is 0 Å². The highest BCUT2D eigenvalue weighted by atomic mass is 16.5. The molecule has 4 nitrogen and oxygen atoms in total. The van der Waals surface area contributed by atoms with Gasteiger partial charge in [-0.1, -0.05) is 27.7 Å². The molecule has 0 aliphatic heterocycles. The Labute approximate surface area is 105 Å². The van der Waals surface area contributed by atoms with Crippen LogP contribution in [0.5, 0.6) is 0 Å². The molecule has 0 heterocycles. The van der Waals surface area contributed by atoms with E-state index in [1.54, 1.807) is 19.1 Å². The Balaban J connectivity index is 4.14. The first-order valence-electron chi connectivity index (χ1n) is 6.17. The molecule has 0 saturated heterocycles. The Morgan fingerprint density at radius 3 is 2.35 bits per heavy atom. The van der Waals surface area contributed by atoms with Crippen molar-refractivity contribution in [2.45, 2.75) is 40.2 Å². The molecule has 0 bridgehead atoms. The average molecular weight is 244 g/mol. The summed E-state index contributed by atoms with van der Waals surface area (Å²) in [6.45, 7) is 9.60. The molecular formula is C13H28N2O2. The second-order valence-corrected chi connectivity index (χ2v) is 5.96. The molecule has 1 amide bonds. The standard InChI is InChI=1S/C13H28N2O2/c1-10(13(2,3)4)7-12(16)15(5)8-11(14)9-17-6/h10-11H,7-9,14H2,1-6H3. The molecule has 17 heavy (non-hydrogen) atoms. The largest absolute Gasteiger partial charge is 0.383 e. The van der Waals surface area contributed by atoms with Crippen LogP contribution in [0.3, 0.4) is 0 Å². The van der Waals surface area contributed by atoms with Gasteiger partial charge in [0.2, 0.25) is 5.91 Å². The Morgan fingerprint density at radius 2 is 1.94 bits per heavy atom. The number of likely N-dealkylation sites (N-methyl/N-ethyl adjacent to an activating group) is 1. The zero-order valence-electron chi connectivity index (χ0n) is 12.1. The zero-order chi connectivity index (χ0) is 13.6. The first-order chi connectivity index (χ1) is 7.68. The Kier molecular flexibility index (Phi) is 6.72. The third-order valence-electron chi connectivity index (χ3n) is 3.27. The lowest BCUT2D eigenvalue weighted by atomic mass is 9.80. The molecule has 4 heteroatoms. The topological polar surface area (TPSA) is 55.6 Å². The first-order valence-corrected chi connectivity index (χ1v) is 6.17. The SMILES string of the molecule is COCC(N)CN(C)C(=O)CC(C)C(C)(C)C. The maximum atomic E-state index is 12.0. The normalized spacial score (nSPS) is 15.5. The summed E-state index contributed by atoms with van der Waals surface area (Å²) in [5.74, 6) is 0.509. The molecule has 2 unspecified atom stereocenters. The Bertz CT molecular complexity index is 236. The Morgan fingerprint density at radius 1 is 1.41 bits per heavy atom. The molecule has 2 atom stereocenters. The quantitative estimate of drug-likeness (QED) is 0.770. The fourth-order valence-electron chi connectivity index (χ4n) is 1.44. The van der Waals surface area contributed by atoms with E-state index in [0.29, 0.717) is 25.5 Å². The molecule has 0 aromatic heterocycles. The molecule has 0 aromatic carbocycles. The molecule has 0 aliphatic rings. The summed E-state index contributed by atoms with van der Waals surface area (Å²) in [6.07, 6.45) is 0.569. The maximum Gasteiger partial charge on any atom is 0.222 e. The van der Waals surface area contributed by atoms with Gasteiger partial charge >= 0.3 is 0 Å². The van der Waals surface area contributed by atoms with Crippen LogP contribution in [-0.4, -0.2) is 44.2 Å². The minimum Gasteiger partial charge on any atom is -0.383 e. The van der Waals surface area contributed by atoms with E-state index in [2.05, 4.69) is 27.7 Å². The van der Waals surface area contributed by atoms with Crippen LogP contribution in [0, 0.1) is 11.3 Å². The lowest BCUT2D eigenvalue weighted by Gasteiger charge is -2.29. The van der Waals surface area contributed by atoms with E-state index in [-0.39, 0.29) is 17.4 Å². The molecule has 0 rings (SSSR count). The molecule has 0 aromatic rings. The van der Waals surface area contributed by atoms with Crippen LogP contribution in [-0.2, 0) is 9.53 Å². The van der Waals surface area contributed by atoms with Crippen LogP contribution in [0.1, 0.15) is 34.1 Å². The highest BCUT2D eigenvalue weighted by molar-refractivity contribution is 5.76. The summed E-state index contributed by atoms with van der Waals surface area (Å²) in [4.78, 5) is 13.7. The van der Waals surface area contributed by atoms with Crippen LogP contribution < -0.4 is 5.73 Å². The van der Waals surface area contributed by atoms with Gasteiger partial charge in [0.25, 0.3) is 0 Å². The van der Waals surface area contributed by atoms with Gasteiger partial charge in [-0.3, -0.25) is 4.79 Å². The van der Waals surface area contributed by atoms with E-state index < -0.39 is 0 Å². The van der Waals surface area contributed by atoms with Gasteiger partial charge in [0, 0.05) is 33.2 Å². The second kappa shape index (κ2) is 6.97. The monoisotopic (exact) mass is 244 g/mol. The van der Waals surface area contributed by atoms with Crippen molar-refractivity contribution < 1.29 is 9.53 Å². The van der Waals surface area contributed by atoms with Gasteiger partial charge in [-0.05, 0) is 11.3 Å². The van der Waals surface area contributed by atoms with E-state index in [1.807, 2.05) is 0 Å². The van der Waals surface area contributed by atoms with Crippen LogP contribution in [0.15, 0.2) is 0 Å². The third-order valence-corrected chi connectivity index (χ3v) is 3.27. The van der Waals surface area contributed by atoms with E-state index in [0.717, 1.165) is 0 Å². The summed E-state index contributed by atoms with van der Waals surface area (Å²) in [5, 5.41) is 0. The van der Waals surface area contributed by atoms with Crippen LogP contribution in [0.4, 0.5) is 0 Å². The van der Waals surface area contributed by atoms with Crippen molar-refractivity contribution >= 4 is 5.91 Å². The summed E-state index contributed by atoms with van der Waals surface area (Å²) < 4.78 is 4.96. The lowest BCUT2D eigenvalue weighted by Crippen LogP contribution is -2.42. The van der Waals surface area contributed by atoms with Crippen LogP contribution in [0.2, 0.25) is 0 Å². The van der Waals surface area contributed by atoms with Gasteiger partial charge in [-0.15, -0.1) is 0 Å². The van der Waals surface area contributed by atoms with E-state index >= 15 is 0 Å². The first kappa shape index (κ1) is 16.4. The van der Waals surface area contributed by atoms with E-state index in [9.17, 15) is 4.79 Å². The van der Waals surface area contributed by atoms with E-state index in [1.165, 1.54) is 0 Å². The number of hydrogen-bond acceptors (Lipinski definition) is 3. The van der Waals surface area contributed by atoms with Crippen molar-refractivity contribution in [1.29, 1.82) is 0 Å².